The number of rotatable bonds is 3. The molecular weight excluding hydrogens is 266 g/mol. The largest absolute Gasteiger partial charge is 0.342 e. The zero-order valence-corrected chi connectivity index (χ0v) is 11.8. The molecular formula is C15H15N5O. The second-order valence-electron chi connectivity index (χ2n) is 4.86. The van der Waals surface area contributed by atoms with E-state index in [4.69, 9.17) is 0 Å². The van der Waals surface area contributed by atoms with Crippen molar-refractivity contribution in [3.63, 3.8) is 0 Å². The number of fused-ring (bicyclic) bond motifs is 1. The fourth-order valence-electron chi connectivity index (χ4n) is 2.13. The van der Waals surface area contributed by atoms with Gasteiger partial charge in [-0.1, -0.05) is 12.1 Å². The molecule has 0 saturated carbocycles. The number of hydrogen-bond donors (Lipinski definition) is 2. The number of hydrogen-bond acceptors (Lipinski definition) is 4. The summed E-state index contributed by atoms with van der Waals surface area (Å²) in [4.78, 5) is 27.8. The van der Waals surface area contributed by atoms with Crippen molar-refractivity contribution in [3.05, 3.63) is 53.9 Å². The Hall–Kier alpha value is -2.76. The molecule has 2 aromatic heterocycles. The van der Waals surface area contributed by atoms with E-state index >= 15 is 0 Å². The van der Waals surface area contributed by atoms with E-state index in [9.17, 15) is 4.79 Å². The van der Waals surface area contributed by atoms with Crippen LogP contribution in [-0.2, 0) is 0 Å². The summed E-state index contributed by atoms with van der Waals surface area (Å²) in [7, 11) is 0. The van der Waals surface area contributed by atoms with Crippen molar-refractivity contribution in [1.29, 1.82) is 0 Å². The molecule has 1 amide bonds. The Morgan fingerprint density at radius 2 is 2.14 bits per heavy atom. The van der Waals surface area contributed by atoms with Gasteiger partial charge < -0.3 is 10.3 Å². The predicted octanol–water partition coefficient (Wildman–Crippen LogP) is 2.15. The van der Waals surface area contributed by atoms with Crippen LogP contribution in [0.5, 0.6) is 0 Å². The first-order valence-corrected chi connectivity index (χ1v) is 6.67. The monoisotopic (exact) mass is 281 g/mol. The molecule has 2 N–H and O–H groups in total. The number of benzene rings is 1. The van der Waals surface area contributed by atoms with Gasteiger partial charge >= 0.3 is 0 Å². The van der Waals surface area contributed by atoms with E-state index in [1.807, 2.05) is 31.2 Å². The zero-order chi connectivity index (χ0) is 14.8. The van der Waals surface area contributed by atoms with Crippen LogP contribution in [0.25, 0.3) is 11.0 Å². The van der Waals surface area contributed by atoms with Gasteiger partial charge in [-0.05, 0) is 26.0 Å². The molecule has 0 aliphatic heterocycles. The van der Waals surface area contributed by atoms with Gasteiger partial charge in [0, 0.05) is 6.20 Å². The van der Waals surface area contributed by atoms with E-state index in [1.165, 1.54) is 12.5 Å². The maximum Gasteiger partial charge on any atom is 0.255 e. The Morgan fingerprint density at radius 3 is 2.90 bits per heavy atom. The molecule has 3 aromatic rings. The number of nitrogens with zero attached hydrogens (tertiary/aromatic N) is 3. The standard InChI is InChI=1S/C15H15N5O/c1-9-11(7-16-8-17-9)15(21)18-10(2)14-19-12-5-3-4-6-13(12)20-14/h3-8,10H,1-2H3,(H,18,21)(H,19,20)/t10-/m0/s1. The fourth-order valence-corrected chi connectivity index (χ4v) is 2.13. The summed E-state index contributed by atoms with van der Waals surface area (Å²) in [5, 5.41) is 2.90. The minimum Gasteiger partial charge on any atom is -0.342 e. The first-order chi connectivity index (χ1) is 10.1. The number of nitrogens with one attached hydrogen (secondary N) is 2. The lowest BCUT2D eigenvalue weighted by Gasteiger charge is -2.12. The summed E-state index contributed by atoms with van der Waals surface area (Å²) >= 11 is 0. The summed E-state index contributed by atoms with van der Waals surface area (Å²) in [6.07, 6.45) is 2.94. The first kappa shape index (κ1) is 13.2. The Balaban J connectivity index is 1.81. The highest BCUT2D eigenvalue weighted by atomic mass is 16.1. The lowest BCUT2D eigenvalue weighted by Crippen LogP contribution is -2.28. The lowest BCUT2D eigenvalue weighted by molar-refractivity contribution is 0.0937. The molecule has 106 valence electrons. The number of para-hydroxylation sites is 2. The van der Waals surface area contributed by atoms with Gasteiger partial charge in [0.05, 0.1) is 28.3 Å². The second kappa shape index (κ2) is 5.32. The number of amides is 1. The molecule has 1 aromatic carbocycles. The molecule has 1 atom stereocenters. The molecule has 0 unspecified atom stereocenters. The van der Waals surface area contributed by atoms with Gasteiger partial charge in [-0.2, -0.15) is 0 Å². The third-order valence-electron chi connectivity index (χ3n) is 3.32. The van der Waals surface area contributed by atoms with Crippen molar-refractivity contribution < 1.29 is 4.79 Å². The zero-order valence-electron chi connectivity index (χ0n) is 11.8. The smallest absolute Gasteiger partial charge is 0.255 e. The number of aromatic nitrogens is 4. The number of imidazole rings is 1. The lowest BCUT2D eigenvalue weighted by atomic mass is 10.2. The van der Waals surface area contributed by atoms with E-state index in [-0.39, 0.29) is 11.9 Å². The van der Waals surface area contributed by atoms with Crippen LogP contribution < -0.4 is 5.32 Å². The van der Waals surface area contributed by atoms with Crippen molar-refractivity contribution in [2.24, 2.45) is 0 Å². The van der Waals surface area contributed by atoms with Crippen molar-refractivity contribution in [3.8, 4) is 0 Å². The molecule has 6 nitrogen and oxygen atoms in total. The fraction of sp³-hybridized carbons (Fsp3) is 0.200. The van der Waals surface area contributed by atoms with Gasteiger partial charge in [0.1, 0.15) is 12.2 Å². The first-order valence-electron chi connectivity index (χ1n) is 6.67. The topological polar surface area (TPSA) is 83.6 Å². The van der Waals surface area contributed by atoms with Gasteiger partial charge in [-0.15, -0.1) is 0 Å². The van der Waals surface area contributed by atoms with Crippen LogP contribution in [0, 0.1) is 6.92 Å². The Labute approximate surface area is 121 Å². The molecule has 0 aliphatic carbocycles. The Kier molecular flexibility index (Phi) is 3.35. The van der Waals surface area contributed by atoms with Crippen LogP contribution in [0.1, 0.15) is 34.8 Å². The van der Waals surface area contributed by atoms with E-state index in [0.29, 0.717) is 11.3 Å². The normalized spacial score (nSPS) is 12.3. The van der Waals surface area contributed by atoms with Crippen LogP contribution in [0.4, 0.5) is 0 Å². The van der Waals surface area contributed by atoms with Gasteiger partial charge in [0.25, 0.3) is 5.91 Å². The minimum atomic E-state index is -0.232. The van der Waals surface area contributed by atoms with E-state index < -0.39 is 0 Å². The third-order valence-corrected chi connectivity index (χ3v) is 3.32. The highest BCUT2D eigenvalue weighted by Gasteiger charge is 2.16. The SMILES string of the molecule is Cc1ncncc1C(=O)N[C@@H](C)c1nc2ccccc2[nH]1. The Morgan fingerprint density at radius 1 is 1.33 bits per heavy atom. The summed E-state index contributed by atoms with van der Waals surface area (Å²) in [5.74, 6) is 0.514. The quantitative estimate of drug-likeness (QED) is 0.770. The molecule has 0 spiro atoms. The van der Waals surface area contributed by atoms with Crippen molar-refractivity contribution in [1.82, 2.24) is 25.3 Å². The van der Waals surface area contributed by atoms with Crippen molar-refractivity contribution in [2.45, 2.75) is 19.9 Å². The maximum absolute atomic E-state index is 12.2. The van der Waals surface area contributed by atoms with Crippen LogP contribution in [0.2, 0.25) is 0 Å². The van der Waals surface area contributed by atoms with Crippen molar-refractivity contribution >= 4 is 16.9 Å². The van der Waals surface area contributed by atoms with Gasteiger partial charge in [0.2, 0.25) is 0 Å². The molecule has 0 bridgehead atoms. The average molecular weight is 281 g/mol. The molecule has 21 heavy (non-hydrogen) atoms. The highest BCUT2D eigenvalue weighted by molar-refractivity contribution is 5.95. The second-order valence-corrected chi connectivity index (χ2v) is 4.86. The van der Waals surface area contributed by atoms with Gasteiger partial charge in [0.15, 0.2) is 0 Å². The number of carbonyl (C=O) groups is 1. The van der Waals surface area contributed by atoms with Crippen LogP contribution in [0.15, 0.2) is 36.8 Å². The highest BCUT2D eigenvalue weighted by Crippen LogP contribution is 2.16. The van der Waals surface area contributed by atoms with Crippen LogP contribution in [-0.4, -0.2) is 25.8 Å². The summed E-state index contributed by atoms with van der Waals surface area (Å²) in [6.45, 7) is 3.66. The number of H-pyrrole nitrogens is 1. The molecule has 2 heterocycles. The number of aromatic amines is 1. The molecule has 0 aliphatic rings. The summed E-state index contributed by atoms with van der Waals surface area (Å²) in [5.41, 5.74) is 2.96. The van der Waals surface area contributed by atoms with E-state index in [2.05, 4.69) is 25.3 Å². The molecule has 0 fully saturated rings. The predicted molar refractivity (Wildman–Crippen MR) is 78.7 cm³/mol. The number of carbonyl (C=O) groups excluding carboxylic acids is 1. The van der Waals surface area contributed by atoms with E-state index in [0.717, 1.165) is 16.9 Å². The van der Waals surface area contributed by atoms with E-state index in [1.54, 1.807) is 6.92 Å². The number of aryl methyl sites for hydroxylation is 1. The molecule has 6 heteroatoms. The van der Waals surface area contributed by atoms with Gasteiger partial charge in [-0.3, -0.25) is 4.79 Å². The average Bonchev–Trinajstić information content (AvgIpc) is 2.91. The minimum absolute atomic E-state index is 0.207. The molecule has 0 radical (unpaired) electrons. The van der Waals surface area contributed by atoms with Crippen molar-refractivity contribution in [2.75, 3.05) is 0 Å². The summed E-state index contributed by atoms with van der Waals surface area (Å²) in [6, 6.07) is 7.53. The molecule has 0 saturated heterocycles. The summed E-state index contributed by atoms with van der Waals surface area (Å²) < 4.78 is 0. The molecule has 3 rings (SSSR count). The van der Waals surface area contributed by atoms with Crippen LogP contribution >= 0.6 is 0 Å². The Bertz CT molecular complexity index is 762. The maximum atomic E-state index is 12.2. The van der Waals surface area contributed by atoms with Gasteiger partial charge in [-0.25, -0.2) is 15.0 Å². The van der Waals surface area contributed by atoms with Crippen LogP contribution in [0.3, 0.4) is 0 Å². The third kappa shape index (κ3) is 2.60.